The van der Waals surface area contributed by atoms with E-state index < -0.39 is 21.7 Å². The first kappa shape index (κ1) is 15.3. The third-order valence-corrected chi connectivity index (χ3v) is 3.57. The van der Waals surface area contributed by atoms with Gasteiger partial charge in [0.05, 0.1) is 20.3 Å². The number of methoxy groups -OCH3 is 2. The van der Waals surface area contributed by atoms with Gasteiger partial charge in [-0.25, -0.2) is 8.42 Å². The van der Waals surface area contributed by atoms with Crippen LogP contribution in [0.5, 0.6) is 0 Å². The van der Waals surface area contributed by atoms with Crippen molar-refractivity contribution in [3.05, 3.63) is 0 Å². The van der Waals surface area contributed by atoms with Crippen molar-refractivity contribution in [2.24, 2.45) is 0 Å². The maximum atomic E-state index is 11.7. The summed E-state index contributed by atoms with van der Waals surface area (Å²) >= 11 is 0. The third-order valence-electron chi connectivity index (χ3n) is 1.82. The second-order valence-corrected chi connectivity index (χ2v) is 4.92. The maximum Gasteiger partial charge on any atom is 0.322 e. The lowest BCUT2D eigenvalue weighted by molar-refractivity contribution is -0.137. The predicted molar refractivity (Wildman–Crippen MR) is 56.3 cm³/mol. The average molecular weight is 255 g/mol. The fourth-order valence-electron chi connectivity index (χ4n) is 0.994. The number of hydrogen-bond acceptors (Lipinski definition) is 6. The Hall–Kier alpha value is -0.700. The second-order valence-electron chi connectivity index (χ2n) is 2.95. The monoisotopic (exact) mass is 255 g/mol. The number of sulfonamides is 1. The van der Waals surface area contributed by atoms with Gasteiger partial charge < -0.3 is 14.6 Å². The Kier molecular flexibility index (Phi) is 7.22. The zero-order valence-corrected chi connectivity index (χ0v) is 10.2. The Bertz CT molecular complexity index is 302. The van der Waals surface area contributed by atoms with Crippen LogP contribution in [-0.2, 0) is 24.3 Å². The number of carbonyl (C=O) groups is 1. The molecule has 0 aliphatic heterocycles. The van der Waals surface area contributed by atoms with E-state index in [0.717, 1.165) is 11.4 Å². The van der Waals surface area contributed by atoms with E-state index in [0.29, 0.717) is 0 Å². The van der Waals surface area contributed by atoms with Crippen LogP contribution in [0.15, 0.2) is 0 Å². The number of aliphatic hydroxyl groups is 1. The van der Waals surface area contributed by atoms with E-state index in [-0.39, 0.29) is 26.3 Å². The topological polar surface area (TPSA) is 93.1 Å². The summed E-state index contributed by atoms with van der Waals surface area (Å²) in [5.41, 5.74) is 0. The van der Waals surface area contributed by atoms with E-state index in [1.807, 2.05) is 0 Å². The number of ether oxygens (including phenoxy) is 2. The number of hydrogen-bond donors (Lipinski definition) is 1. The first-order valence-electron chi connectivity index (χ1n) is 4.62. The summed E-state index contributed by atoms with van der Waals surface area (Å²) in [5.74, 6) is -1.56. The lowest BCUT2D eigenvalue weighted by Gasteiger charge is -2.19. The van der Waals surface area contributed by atoms with Crippen molar-refractivity contribution in [3.63, 3.8) is 0 Å². The minimum Gasteiger partial charge on any atom is -0.468 e. The summed E-state index contributed by atoms with van der Waals surface area (Å²) in [5, 5.41) is 8.73. The normalized spacial score (nSPS) is 11.8. The lowest BCUT2D eigenvalue weighted by Crippen LogP contribution is -2.39. The van der Waals surface area contributed by atoms with Gasteiger partial charge in [0.15, 0.2) is 5.75 Å². The molecule has 0 rings (SSSR count). The smallest absolute Gasteiger partial charge is 0.322 e. The number of esters is 1. The van der Waals surface area contributed by atoms with E-state index in [1.165, 1.54) is 7.11 Å². The highest BCUT2D eigenvalue weighted by Crippen LogP contribution is 2.01. The molecule has 0 aromatic carbocycles. The Morgan fingerprint density at radius 1 is 1.31 bits per heavy atom. The van der Waals surface area contributed by atoms with Crippen molar-refractivity contribution in [1.29, 1.82) is 0 Å². The Morgan fingerprint density at radius 2 is 1.94 bits per heavy atom. The van der Waals surface area contributed by atoms with E-state index in [4.69, 9.17) is 9.84 Å². The Balaban J connectivity index is 4.55. The summed E-state index contributed by atoms with van der Waals surface area (Å²) in [6.07, 6.45) is 0. The molecule has 0 saturated heterocycles. The molecule has 0 spiro atoms. The van der Waals surface area contributed by atoms with Gasteiger partial charge in [-0.3, -0.25) is 4.79 Å². The molecular weight excluding hydrogens is 238 g/mol. The van der Waals surface area contributed by atoms with Crippen LogP contribution in [0.1, 0.15) is 0 Å². The molecule has 0 bridgehead atoms. The molecule has 0 heterocycles. The van der Waals surface area contributed by atoms with Crippen molar-refractivity contribution in [2.75, 3.05) is 46.3 Å². The lowest BCUT2D eigenvalue weighted by atomic mass is 10.6. The van der Waals surface area contributed by atoms with Crippen LogP contribution in [-0.4, -0.2) is 70.1 Å². The predicted octanol–water partition coefficient (Wildman–Crippen LogP) is -1.57. The molecule has 0 fully saturated rings. The fraction of sp³-hybridized carbons (Fsp3) is 0.875. The molecule has 7 nitrogen and oxygen atoms in total. The highest BCUT2D eigenvalue weighted by Gasteiger charge is 2.24. The molecular formula is C8H17NO6S. The van der Waals surface area contributed by atoms with Gasteiger partial charge in [-0.05, 0) is 0 Å². The second kappa shape index (κ2) is 7.55. The molecule has 0 aliphatic rings. The highest BCUT2D eigenvalue weighted by atomic mass is 32.2. The van der Waals surface area contributed by atoms with Gasteiger partial charge >= 0.3 is 5.97 Å². The average Bonchev–Trinajstić information content (AvgIpc) is 2.23. The zero-order chi connectivity index (χ0) is 12.6. The van der Waals surface area contributed by atoms with E-state index in [2.05, 4.69) is 4.74 Å². The Morgan fingerprint density at radius 3 is 2.38 bits per heavy atom. The van der Waals surface area contributed by atoms with Crippen LogP contribution in [0.25, 0.3) is 0 Å². The Labute approximate surface area is 95.0 Å². The molecule has 0 amide bonds. The standard InChI is InChI=1S/C8H17NO6S/c1-14-6-4-9(3-5-10)16(12,13)7-8(11)15-2/h10H,3-7H2,1-2H3. The number of nitrogens with zero attached hydrogens (tertiary/aromatic N) is 1. The van der Waals surface area contributed by atoms with Crippen LogP contribution in [0.3, 0.4) is 0 Å². The van der Waals surface area contributed by atoms with Gasteiger partial charge in [0.1, 0.15) is 0 Å². The van der Waals surface area contributed by atoms with E-state index in [9.17, 15) is 13.2 Å². The summed E-state index contributed by atoms with van der Waals surface area (Å²) in [6.45, 7) is -0.0937. The quantitative estimate of drug-likeness (QED) is 0.527. The minimum absolute atomic E-state index is 0.0668. The molecule has 0 atom stereocenters. The zero-order valence-electron chi connectivity index (χ0n) is 9.38. The molecule has 0 aromatic heterocycles. The van der Waals surface area contributed by atoms with Crippen LogP contribution < -0.4 is 0 Å². The highest BCUT2D eigenvalue weighted by molar-refractivity contribution is 7.89. The van der Waals surface area contributed by atoms with Crippen LogP contribution in [0, 0.1) is 0 Å². The van der Waals surface area contributed by atoms with Gasteiger partial charge in [-0.1, -0.05) is 0 Å². The van der Waals surface area contributed by atoms with Crippen LogP contribution in [0.4, 0.5) is 0 Å². The maximum absolute atomic E-state index is 11.7. The first-order chi connectivity index (χ1) is 7.47. The fourth-order valence-corrected chi connectivity index (χ4v) is 2.30. The molecule has 16 heavy (non-hydrogen) atoms. The van der Waals surface area contributed by atoms with Crippen LogP contribution >= 0.6 is 0 Å². The molecule has 0 radical (unpaired) electrons. The van der Waals surface area contributed by atoms with E-state index >= 15 is 0 Å². The molecule has 96 valence electrons. The van der Waals surface area contributed by atoms with Gasteiger partial charge in [0.2, 0.25) is 10.0 Å². The first-order valence-corrected chi connectivity index (χ1v) is 6.23. The largest absolute Gasteiger partial charge is 0.468 e. The van der Waals surface area contributed by atoms with Gasteiger partial charge in [-0.15, -0.1) is 0 Å². The molecule has 0 unspecified atom stereocenters. The third kappa shape index (κ3) is 5.40. The van der Waals surface area contributed by atoms with Crippen molar-refractivity contribution >= 4 is 16.0 Å². The summed E-state index contributed by atoms with van der Waals surface area (Å²) in [4.78, 5) is 10.9. The molecule has 1 N–H and O–H groups in total. The van der Waals surface area contributed by atoms with Gasteiger partial charge in [-0.2, -0.15) is 4.31 Å². The van der Waals surface area contributed by atoms with Crippen LogP contribution in [0.2, 0.25) is 0 Å². The summed E-state index contributed by atoms with van der Waals surface area (Å²) in [6, 6.07) is 0. The molecule has 0 aliphatic carbocycles. The van der Waals surface area contributed by atoms with Crippen molar-refractivity contribution in [3.8, 4) is 0 Å². The van der Waals surface area contributed by atoms with E-state index in [1.54, 1.807) is 0 Å². The molecule has 0 saturated carbocycles. The summed E-state index contributed by atoms with van der Waals surface area (Å²) in [7, 11) is -1.20. The van der Waals surface area contributed by atoms with Crippen molar-refractivity contribution in [1.82, 2.24) is 4.31 Å². The number of aliphatic hydroxyl groups excluding tert-OH is 1. The van der Waals surface area contributed by atoms with Crippen molar-refractivity contribution < 1.29 is 27.8 Å². The molecule has 0 aromatic rings. The van der Waals surface area contributed by atoms with Gasteiger partial charge in [0, 0.05) is 20.2 Å². The number of rotatable bonds is 8. The summed E-state index contributed by atoms with van der Waals surface area (Å²) < 4.78 is 33.3. The van der Waals surface area contributed by atoms with Crippen molar-refractivity contribution in [2.45, 2.75) is 0 Å². The minimum atomic E-state index is -3.75. The van der Waals surface area contributed by atoms with Gasteiger partial charge in [0.25, 0.3) is 0 Å². The molecule has 8 heteroatoms. The SMILES string of the molecule is COCCN(CCO)S(=O)(=O)CC(=O)OC. The number of carbonyl (C=O) groups excluding carboxylic acids is 1.